The number of aromatic nitrogens is 1. The van der Waals surface area contributed by atoms with Crippen LogP contribution >= 0.6 is 12.2 Å². The van der Waals surface area contributed by atoms with E-state index in [1.807, 2.05) is 4.90 Å². The molecule has 12 heteroatoms. The van der Waals surface area contributed by atoms with Crippen LogP contribution in [0.1, 0.15) is 53.2 Å². The zero-order chi connectivity index (χ0) is 29.9. The molecule has 2 atom stereocenters. The molecule has 2 saturated heterocycles. The number of nitrogens with zero attached hydrogens (tertiary/aromatic N) is 3. The molecule has 222 valence electrons. The van der Waals surface area contributed by atoms with E-state index in [9.17, 15) is 27.9 Å². The van der Waals surface area contributed by atoms with Crippen LogP contribution in [0, 0.1) is 11.7 Å². The molecule has 6 rings (SSSR count). The quantitative estimate of drug-likeness (QED) is 0.288. The van der Waals surface area contributed by atoms with E-state index in [0.29, 0.717) is 35.7 Å². The van der Waals surface area contributed by atoms with Gasteiger partial charge in [0.25, 0.3) is 0 Å². The molecule has 3 fully saturated rings. The predicted octanol–water partition coefficient (Wildman–Crippen LogP) is 5.67. The van der Waals surface area contributed by atoms with Crippen molar-refractivity contribution in [1.29, 1.82) is 0 Å². The van der Waals surface area contributed by atoms with Gasteiger partial charge in [0.15, 0.2) is 11.6 Å². The van der Waals surface area contributed by atoms with E-state index in [2.05, 4.69) is 4.90 Å². The van der Waals surface area contributed by atoms with Crippen LogP contribution in [0.25, 0.3) is 10.9 Å². The van der Waals surface area contributed by atoms with Gasteiger partial charge in [-0.05, 0) is 49.3 Å². The van der Waals surface area contributed by atoms with Crippen molar-refractivity contribution in [3.63, 3.8) is 0 Å². The minimum absolute atomic E-state index is 0.0108. The number of pyridine rings is 1. The number of carboxylic acid groups (broad SMARTS) is 1. The first-order chi connectivity index (χ1) is 20.0. The summed E-state index contributed by atoms with van der Waals surface area (Å²) in [5.41, 5.74) is -0.837. The Morgan fingerprint density at radius 3 is 2.60 bits per heavy atom. The number of likely N-dealkylation sites (tertiary alicyclic amines) is 1. The standard InChI is InChI=1S/C30H29F4N3O4S/c1-41-28-25-20(27(38)21(29(39)40)14-37(25)19-7-8-19)12-22(31)26(28)35-13-17-5-3-9-36(23(17)15-35)24(42)11-16-4-2-6-18(10-16)30(32,33)34/h2,4,6,10,12,14,17,19,23H,3,5,7-9,11,13,15H2,1H3,(H,39,40). The van der Waals surface area contributed by atoms with Crippen molar-refractivity contribution in [2.24, 2.45) is 5.92 Å². The summed E-state index contributed by atoms with van der Waals surface area (Å²) in [4.78, 5) is 29.3. The van der Waals surface area contributed by atoms with Gasteiger partial charge in [-0.1, -0.05) is 30.4 Å². The number of aromatic carboxylic acids is 1. The molecular formula is C30H29F4N3O4S. The van der Waals surface area contributed by atoms with Crippen LogP contribution in [0.5, 0.6) is 5.75 Å². The van der Waals surface area contributed by atoms with Crippen LogP contribution in [0.3, 0.4) is 0 Å². The second-order valence-corrected chi connectivity index (χ2v) is 11.8. The number of rotatable bonds is 6. The number of alkyl halides is 3. The van der Waals surface area contributed by atoms with E-state index in [1.165, 1.54) is 19.4 Å². The highest BCUT2D eigenvalue weighted by atomic mass is 32.1. The highest BCUT2D eigenvalue weighted by Gasteiger charge is 2.42. The summed E-state index contributed by atoms with van der Waals surface area (Å²) in [6.45, 7) is 1.57. The molecule has 42 heavy (non-hydrogen) atoms. The van der Waals surface area contributed by atoms with Gasteiger partial charge in [0.05, 0.1) is 34.6 Å². The highest BCUT2D eigenvalue weighted by Crippen LogP contribution is 2.45. The molecule has 0 amide bonds. The molecule has 2 unspecified atom stereocenters. The number of methoxy groups -OCH3 is 1. The normalized spacial score (nSPS) is 20.6. The lowest BCUT2D eigenvalue weighted by molar-refractivity contribution is -0.137. The Labute approximate surface area is 244 Å². The van der Waals surface area contributed by atoms with Crippen molar-refractivity contribution >= 4 is 39.8 Å². The Morgan fingerprint density at radius 1 is 1.17 bits per heavy atom. The first kappa shape index (κ1) is 28.4. The summed E-state index contributed by atoms with van der Waals surface area (Å²) in [6, 6.07) is 6.20. The van der Waals surface area contributed by atoms with Gasteiger partial charge in [-0.25, -0.2) is 9.18 Å². The lowest BCUT2D eigenvalue weighted by Gasteiger charge is -2.39. The molecule has 1 aromatic heterocycles. The molecule has 1 N–H and O–H groups in total. The van der Waals surface area contributed by atoms with Gasteiger partial charge in [0.1, 0.15) is 11.3 Å². The lowest BCUT2D eigenvalue weighted by Crippen LogP contribution is -2.48. The molecule has 3 aromatic rings. The van der Waals surface area contributed by atoms with Crippen LogP contribution in [0.15, 0.2) is 41.3 Å². The van der Waals surface area contributed by atoms with Gasteiger partial charge in [0.2, 0.25) is 5.43 Å². The topological polar surface area (TPSA) is 75.0 Å². The fourth-order valence-electron chi connectivity index (χ4n) is 6.53. The summed E-state index contributed by atoms with van der Waals surface area (Å²) >= 11 is 5.75. The largest absolute Gasteiger partial charge is 0.492 e. The minimum atomic E-state index is -4.44. The third kappa shape index (κ3) is 4.99. The average molecular weight is 604 g/mol. The fourth-order valence-corrected chi connectivity index (χ4v) is 6.92. The molecule has 0 spiro atoms. The molecule has 1 aliphatic carbocycles. The molecule has 0 radical (unpaired) electrons. The van der Waals surface area contributed by atoms with Crippen LogP contribution < -0.4 is 15.1 Å². The van der Waals surface area contributed by atoms with Crippen molar-refractivity contribution in [2.45, 2.75) is 50.4 Å². The number of carbonyl (C=O) groups is 1. The summed E-state index contributed by atoms with van der Waals surface area (Å²) in [5.74, 6) is -1.73. The molecule has 2 aromatic carbocycles. The van der Waals surface area contributed by atoms with Gasteiger partial charge in [0, 0.05) is 38.3 Å². The van der Waals surface area contributed by atoms with Crippen molar-refractivity contribution in [2.75, 3.05) is 31.6 Å². The van der Waals surface area contributed by atoms with Gasteiger partial charge in [-0.2, -0.15) is 13.2 Å². The van der Waals surface area contributed by atoms with Crippen molar-refractivity contribution in [3.8, 4) is 5.75 Å². The van der Waals surface area contributed by atoms with E-state index in [4.69, 9.17) is 17.0 Å². The minimum Gasteiger partial charge on any atom is -0.492 e. The number of piperidine rings is 1. The average Bonchev–Trinajstić information content (AvgIpc) is 3.69. The van der Waals surface area contributed by atoms with Crippen LogP contribution in [-0.2, 0) is 12.6 Å². The Bertz CT molecular complexity index is 1650. The SMILES string of the molecule is COc1c(N2CC3CCCN(C(=S)Cc4cccc(C(F)(F)F)c4)C3C2)c(F)cc2c(=O)c(C(=O)O)cn(C3CC3)c12. The maximum atomic E-state index is 15.9. The summed E-state index contributed by atoms with van der Waals surface area (Å²) in [5, 5.41) is 9.55. The lowest BCUT2D eigenvalue weighted by atomic mass is 9.91. The molecule has 3 aliphatic rings. The van der Waals surface area contributed by atoms with E-state index < -0.39 is 34.5 Å². The third-order valence-corrected chi connectivity index (χ3v) is 8.98. The number of fused-ring (bicyclic) bond motifs is 2. The fraction of sp³-hybridized carbons (Fsp3) is 0.433. The molecule has 1 saturated carbocycles. The number of thiocarbonyl (C=S) groups is 1. The third-order valence-electron chi connectivity index (χ3n) is 8.60. The van der Waals surface area contributed by atoms with Gasteiger partial charge in [-0.15, -0.1) is 0 Å². The van der Waals surface area contributed by atoms with E-state index in [0.717, 1.165) is 43.9 Å². The molecular weight excluding hydrogens is 574 g/mol. The van der Waals surface area contributed by atoms with E-state index in [-0.39, 0.29) is 41.2 Å². The van der Waals surface area contributed by atoms with E-state index >= 15 is 4.39 Å². The first-order valence-corrected chi connectivity index (χ1v) is 14.3. The van der Waals surface area contributed by atoms with Gasteiger partial charge in [-0.3, -0.25) is 4.79 Å². The first-order valence-electron chi connectivity index (χ1n) is 13.9. The Morgan fingerprint density at radius 2 is 1.93 bits per heavy atom. The Balaban J connectivity index is 1.33. The number of hydrogen-bond acceptors (Lipinski definition) is 5. The van der Waals surface area contributed by atoms with Crippen LogP contribution in [0.4, 0.5) is 23.2 Å². The number of benzene rings is 2. The smallest absolute Gasteiger partial charge is 0.416 e. The second kappa shape index (κ2) is 10.6. The van der Waals surface area contributed by atoms with Crippen LogP contribution in [0.2, 0.25) is 0 Å². The number of carboxylic acids is 1. The Hall–Kier alpha value is -3.67. The molecule has 0 bridgehead atoms. The summed E-state index contributed by atoms with van der Waals surface area (Å²) < 4.78 is 63.1. The highest BCUT2D eigenvalue weighted by molar-refractivity contribution is 7.80. The predicted molar refractivity (Wildman–Crippen MR) is 153 cm³/mol. The van der Waals surface area contributed by atoms with Gasteiger partial charge >= 0.3 is 12.1 Å². The summed E-state index contributed by atoms with van der Waals surface area (Å²) in [7, 11) is 1.41. The number of anilines is 1. The number of halogens is 4. The maximum absolute atomic E-state index is 15.9. The second-order valence-electron chi connectivity index (χ2n) is 11.3. The molecule has 3 heterocycles. The molecule has 7 nitrogen and oxygen atoms in total. The van der Waals surface area contributed by atoms with Gasteiger partial charge < -0.3 is 24.2 Å². The zero-order valence-corrected chi connectivity index (χ0v) is 23.6. The van der Waals surface area contributed by atoms with Crippen molar-refractivity contribution in [1.82, 2.24) is 9.47 Å². The Kier molecular flexibility index (Phi) is 7.15. The van der Waals surface area contributed by atoms with Crippen molar-refractivity contribution in [3.05, 3.63) is 69.3 Å². The summed E-state index contributed by atoms with van der Waals surface area (Å²) in [6.07, 6.45) is 0.410. The monoisotopic (exact) mass is 603 g/mol. The van der Waals surface area contributed by atoms with Crippen LogP contribution in [-0.4, -0.2) is 58.3 Å². The number of hydrogen-bond donors (Lipinski definition) is 1. The maximum Gasteiger partial charge on any atom is 0.416 e. The zero-order valence-electron chi connectivity index (χ0n) is 22.8. The number of ether oxygens (including phenoxy) is 1. The van der Waals surface area contributed by atoms with Crippen molar-refractivity contribution < 1.29 is 32.2 Å². The molecule has 2 aliphatic heterocycles. The van der Waals surface area contributed by atoms with E-state index in [1.54, 1.807) is 10.6 Å².